The maximum absolute atomic E-state index is 5.69. The first kappa shape index (κ1) is 101. The van der Waals surface area contributed by atoms with Gasteiger partial charge < -0.3 is 4.74 Å². The fourth-order valence-corrected chi connectivity index (χ4v) is 10.9. The second-order valence-electron chi connectivity index (χ2n) is 30.9. The Kier molecular flexibility index (Phi) is 68.7. The molecule has 0 bridgehead atoms. The molecule has 1 atom stereocenters. The first-order valence-corrected chi connectivity index (χ1v) is 41.8. The van der Waals surface area contributed by atoms with E-state index in [1.165, 1.54) is 265 Å². The average Bonchev–Trinajstić information content (AvgIpc) is 0.904. The molecule has 102 heavy (non-hydrogen) atoms. The van der Waals surface area contributed by atoms with Crippen LogP contribution in [0.4, 0.5) is 0 Å². The molecule has 0 saturated heterocycles. The van der Waals surface area contributed by atoms with Crippen molar-refractivity contribution in [1.82, 2.24) is 0 Å². The van der Waals surface area contributed by atoms with Crippen LogP contribution in [0.1, 0.15) is 362 Å². The number of hydrogen-bond acceptors (Lipinski definition) is 1. The van der Waals surface area contributed by atoms with Crippen LogP contribution < -0.4 is 4.74 Å². The SMILES string of the molecule is CCCC.CCCC(C)CC(C)(C)CC.CCCCCCCC.CCCCCCCCCC.CCCCCCCCCCCC(C)C.Cc1ccc(C)c(C)c1.Cc1ccc(C)cc1.Cc1ccc(Cc2ccc(C)cc2)cc1.Cc1ccc(Oc2ccc(C)cc2)cc1.Cc1cccc(C)c1. The zero-order valence-corrected chi connectivity index (χ0v) is 72.1. The van der Waals surface area contributed by atoms with Crippen LogP contribution >= 0.6 is 0 Å². The molecule has 0 aliphatic heterocycles. The minimum atomic E-state index is 0.564. The van der Waals surface area contributed by atoms with Crippen molar-refractivity contribution in [3.63, 3.8) is 0 Å². The third-order valence-corrected chi connectivity index (χ3v) is 18.4. The van der Waals surface area contributed by atoms with Crippen molar-refractivity contribution in [2.75, 3.05) is 0 Å². The van der Waals surface area contributed by atoms with E-state index in [1.807, 2.05) is 48.5 Å². The van der Waals surface area contributed by atoms with Crippen LogP contribution in [0.5, 0.6) is 11.5 Å². The lowest BCUT2D eigenvalue weighted by atomic mass is 9.80. The molecule has 1 nitrogen and oxygen atoms in total. The summed E-state index contributed by atoms with van der Waals surface area (Å²) in [7, 11) is 0. The van der Waals surface area contributed by atoms with Gasteiger partial charge in [0.15, 0.2) is 0 Å². The highest BCUT2D eigenvalue weighted by Crippen LogP contribution is 2.30. The predicted octanol–water partition coefficient (Wildman–Crippen LogP) is 34.3. The minimum absolute atomic E-state index is 0.564. The van der Waals surface area contributed by atoms with Crippen LogP contribution in [0.25, 0.3) is 0 Å². The lowest BCUT2D eigenvalue weighted by molar-refractivity contribution is 0.258. The maximum atomic E-state index is 5.69. The van der Waals surface area contributed by atoms with Gasteiger partial charge in [-0.3, -0.25) is 0 Å². The van der Waals surface area contributed by atoms with Crippen molar-refractivity contribution in [2.45, 2.75) is 372 Å². The van der Waals surface area contributed by atoms with Gasteiger partial charge in [0.1, 0.15) is 11.5 Å². The average molecular weight is 1400 g/mol. The summed E-state index contributed by atoms with van der Waals surface area (Å²) in [6, 6.07) is 57.0. The Hall–Kier alpha value is -5.66. The molecule has 7 aromatic rings. The van der Waals surface area contributed by atoms with E-state index in [4.69, 9.17) is 4.74 Å². The maximum Gasteiger partial charge on any atom is 0.127 e. The second kappa shape index (κ2) is 69.7. The van der Waals surface area contributed by atoms with Crippen molar-refractivity contribution in [2.24, 2.45) is 17.3 Å². The van der Waals surface area contributed by atoms with E-state index in [0.29, 0.717) is 5.41 Å². The summed E-state index contributed by atoms with van der Waals surface area (Å²) < 4.78 is 5.69. The third kappa shape index (κ3) is 67.5. The molecule has 0 heterocycles. The zero-order chi connectivity index (χ0) is 77.0. The van der Waals surface area contributed by atoms with Gasteiger partial charge in [-0.15, -0.1) is 0 Å². The standard InChI is InChI=1S/C15H16.C14H14O.C14H30.C11H24.C10H22.C9H12.2C8H10.C8H18.C4H10/c1-12-3-7-14(8-4-12)11-15-9-5-13(2)6-10-15;1-11-3-7-13(8-4-11)15-14-9-5-12(2)6-10-14;1-4-5-6-7-8-9-10-11-12-13-14(2)3;1-6-8-10(3)9-11(4,5)7-2;1-3-5-7-9-10-8-6-4-2;1-7-4-5-8(2)9(3)6-7;1-7-3-5-8(2)6-4-7;1-7-4-3-5-8(2)6-7;1-3-5-7-8-6-4-2;1-3-4-2/h3-10H,11H2,1-2H3;3-10H,1-2H3;14H,4-13H2,1-3H3;10H,6-9H2,1-5H3;3-10H2,1-2H3;4-6H,1-3H3;2*3-6H,1-2H3;3-8H2,1-2H3;3-4H2,1-2H3. The quantitative estimate of drug-likeness (QED) is 0.0382. The second-order valence-corrected chi connectivity index (χ2v) is 30.9. The van der Waals surface area contributed by atoms with E-state index in [1.54, 1.807) is 0 Å². The van der Waals surface area contributed by atoms with E-state index >= 15 is 0 Å². The molecule has 0 aliphatic rings. The van der Waals surface area contributed by atoms with Crippen molar-refractivity contribution >= 4 is 0 Å². The Morgan fingerprint density at radius 2 is 0.559 bits per heavy atom. The number of benzene rings is 7. The first-order valence-electron chi connectivity index (χ1n) is 41.8. The summed E-state index contributed by atoms with van der Waals surface area (Å²) in [5, 5.41) is 0. The highest BCUT2D eigenvalue weighted by atomic mass is 16.5. The number of unbranched alkanes of at least 4 members (excludes halogenated alkanes) is 21. The molecule has 0 aliphatic carbocycles. The Bertz CT molecular complexity index is 2610. The van der Waals surface area contributed by atoms with Gasteiger partial charge in [0.2, 0.25) is 0 Å². The third-order valence-electron chi connectivity index (χ3n) is 18.4. The van der Waals surface area contributed by atoms with Crippen molar-refractivity contribution in [1.29, 1.82) is 0 Å². The van der Waals surface area contributed by atoms with Crippen LogP contribution in [0.3, 0.4) is 0 Å². The van der Waals surface area contributed by atoms with Gasteiger partial charge >= 0.3 is 0 Å². The Morgan fingerprint density at radius 3 is 0.814 bits per heavy atom. The molecule has 0 fully saturated rings. The largest absolute Gasteiger partial charge is 0.457 e. The van der Waals surface area contributed by atoms with Gasteiger partial charge in [-0.05, 0) is 153 Å². The predicted molar refractivity (Wildman–Crippen MR) is 467 cm³/mol. The van der Waals surface area contributed by atoms with Gasteiger partial charge in [-0.1, -0.05) is 473 Å². The van der Waals surface area contributed by atoms with Gasteiger partial charge in [0.05, 0.1) is 0 Å². The number of aryl methyl sites for hydroxylation is 11. The van der Waals surface area contributed by atoms with Crippen molar-refractivity contribution < 1.29 is 4.74 Å². The molecule has 7 rings (SSSR count). The smallest absolute Gasteiger partial charge is 0.127 e. The minimum Gasteiger partial charge on any atom is -0.457 e. The molecular weight excluding hydrogens is 1230 g/mol. The molecule has 0 N–H and O–H groups in total. The molecule has 1 unspecified atom stereocenters. The number of ether oxygens (including phenoxy) is 1. The Labute approximate surface area is 637 Å². The van der Waals surface area contributed by atoms with Gasteiger partial charge in [0, 0.05) is 0 Å². The zero-order valence-electron chi connectivity index (χ0n) is 72.1. The molecular formula is C101H166O. The van der Waals surface area contributed by atoms with Crippen LogP contribution in [0.2, 0.25) is 0 Å². The van der Waals surface area contributed by atoms with E-state index in [0.717, 1.165) is 29.8 Å². The summed E-state index contributed by atoms with van der Waals surface area (Å²) in [4.78, 5) is 0. The Morgan fingerprint density at radius 1 is 0.275 bits per heavy atom. The van der Waals surface area contributed by atoms with Crippen LogP contribution in [0.15, 0.2) is 164 Å². The highest BCUT2D eigenvalue weighted by molar-refractivity contribution is 5.35. The van der Waals surface area contributed by atoms with E-state index in [2.05, 4.69) is 288 Å². The van der Waals surface area contributed by atoms with E-state index in [-0.39, 0.29) is 0 Å². The summed E-state index contributed by atoms with van der Waals surface area (Å²) in [5.74, 6) is 3.57. The molecule has 7 aromatic carbocycles. The van der Waals surface area contributed by atoms with Gasteiger partial charge in [0.25, 0.3) is 0 Å². The molecule has 0 radical (unpaired) electrons. The van der Waals surface area contributed by atoms with Crippen molar-refractivity contribution in [3.8, 4) is 11.5 Å². The molecule has 0 saturated carbocycles. The van der Waals surface area contributed by atoms with Crippen LogP contribution in [-0.4, -0.2) is 0 Å². The molecule has 1 heteroatoms. The summed E-state index contributed by atoms with van der Waals surface area (Å²) in [6.07, 6.45) is 43.5. The molecule has 0 spiro atoms. The van der Waals surface area contributed by atoms with Crippen LogP contribution in [0, 0.1) is 93.4 Å². The Balaban J connectivity index is -0.00000108. The first-order chi connectivity index (χ1) is 48.8. The fourth-order valence-electron chi connectivity index (χ4n) is 10.9. The lowest BCUT2D eigenvalue weighted by Crippen LogP contribution is -2.14. The number of hydrogen-bond donors (Lipinski definition) is 0. The normalized spacial score (nSPS) is 10.5. The fraction of sp³-hybridized carbons (Fsp3) is 0.584. The van der Waals surface area contributed by atoms with E-state index < -0.39 is 0 Å². The lowest BCUT2D eigenvalue weighted by Gasteiger charge is -2.26. The number of rotatable bonds is 32. The summed E-state index contributed by atoms with van der Waals surface area (Å²) in [6.45, 7) is 55.2. The van der Waals surface area contributed by atoms with Gasteiger partial charge in [-0.2, -0.15) is 0 Å². The molecule has 0 aromatic heterocycles. The van der Waals surface area contributed by atoms with E-state index in [9.17, 15) is 0 Å². The molecule has 576 valence electrons. The van der Waals surface area contributed by atoms with Crippen LogP contribution in [-0.2, 0) is 6.42 Å². The monoisotopic (exact) mass is 1400 g/mol. The summed E-state index contributed by atoms with van der Waals surface area (Å²) >= 11 is 0. The topological polar surface area (TPSA) is 9.23 Å². The van der Waals surface area contributed by atoms with Gasteiger partial charge in [-0.25, -0.2) is 0 Å². The highest BCUT2D eigenvalue weighted by Gasteiger charge is 2.18. The summed E-state index contributed by atoms with van der Waals surface area (Å²) in [5.41, 5.74) is 17.9. The molecule has 0 amide bonds. The van der Waals surface area contributed by atoms with Crippen molar-refractivity contribution in [3.05, 3.63) is 236 Å².